The van der Waals surface area contributed by atoms with E-state index in [9.17, 15) is 29.7 Å². The van der Waals surface area contributed by atoms with Gasteiger partial charge in [-0.15, -0.1) is 0 Å². The molecule has 0 amide bonds. The predicted octanol–water partition coefficient (Wildman–Crippen LogP) is 15.5. The molecular weight excluding hydrogens is 896 g/mol. The Balaban J connectivity index is 5.16. The lowest BCUT2D eigenvalue weighted by atomic mass is 10.1. The highest BCUT2D eigenvalue weighted by atomic mass is 31.2. The highest BCUT2D eigenvalue weighted by Gasteiger charge is 2.25. The quantitative estimate of drug-likeness (QED) is 0.0236. The van der Waals surface area contributed by atoms with Gasteiger partial charge in [0.05, 0.1) is 18.3 Å². The van der Waals surface area contributed by atoms with Gasteiger partial charge in [0.2, 0.25) is 0 Å². The molecular formula is C60H87O9P. The van der Waals surface area contributed by atoms with Crippen LogP contribution in [-0.2, 0) is 28.0 Å². The molecule has 0 aliphatic carbocycles. The second-order valence-corrected chi connectivity index (χ2v) is 17.5. The number of aliphatic hydroxyl groups is 3. The molecule has 10 heteroatoms. The first-order chi connectivity index (χ1) is 34.2. The fourth-order valence-electron chi connectivity index (χ4n) is 6.19. The van der Waals surface area contributed by atoms with Gasteiger partial charge in [-0.25, -0.2) is 14.4 Å². The lowest BCUT2D eigenvalue weighted by Gasteiger charge is -2.11. The van der Waals surface area contributed by atoms with Crippen LogP contribution in [0.15, 0.2) is 182 Å². The number of rotatable bonds is 42. The molecule has 0 spiro atoms. The Morgan fingerprint density at radius 1 is 0.329 bits per heavy atom. The third kappa shape index (κ3) is 49.2. The van der Waals surface area contributed by atoms with E-state index in [1.54, 1.807) is 54.7 Å². The van der Waals surface area contributed by atoms with Crippen molar-refractivity contribution in [3.8, 4) is 0 Å². The molecule has 0 heterocycles. The van der Waals surface area contributed by atoms with Crippen molar-refractivity contribution in [3.05, 3.63) is 182 Å². The van der Waals surface area contributed by atoms with Crippen molar-refractivity contribution >= 4 is 26.5 Å². The van der Waals surface area contributed by atoms with Crippen LogP contribution in [0.5, 0.6) is 0 Å². The molecule has 0 aromatic carbocycles. The largest absolute Gasteiger partial charge is 0.537 e. The normalized spacial score (nSPS) is 15.0. The first-order valence-electron chi connectivity index (χ1n) is 25.7. The molecule has 0 saturated carbocycles. The van der Waals surface area contributed by atoms with Gasteiger partial charge >= 0.3 is 26.5 Å². The molecule has 0 bridgehead atoms. The van der Waals surface area contributed by atoms with Crippen LogP contribution in [0.2, 0.25) is 0 Å². The van der Waals surface area contributed by atoms with Crippen LogP contribution >= 0.6 is 8.60 Å². The number of carbonyl (C=O) groups is 3. The van der Waals surface area contributed by atoms with Gasteiger partial charge in [-0.2, -0.15) is 0 Å². The second-order valence-electron chi connectivity index (χ2n) is 16.5. The minimum Gasteiger partial charge on any atom is -0.393 e. The maximum Gasteiger partial charge on any atom is 0.537 e. The molecule has 0 fully saturated rings. The standard InChI is InChI=1S/C60H87O9P/c1-4-7-37-46-55(61)49-40-31-25-19-13-10-16-22-28-34-43-52-58(64)67-70(68-59(65)53-44-35-29-23-17-11-14-20-26-32-41-50-56(62)47-38-8-5-2)69-60(66)54-45-36-30-24-18-12-15-21-27-33-42-51-57(63)48-39-9-6-3/h10-30,34-36,43-45,52-57,61-63H,4-9,31-33,37-42,46-51H2,1-3H3. The SMILES string of the molecule is CCCCCC(O)CCCC=CC=CC=CC=CC=CC(=O)OP(OC(=O)C=CC=CC=CC=CC=CCCCC(O)CCCCC)OC(=O)C=CC=CC=CC=CC=CCCCC(O)CCCCC. The van der Waals surface area contributed by atoms with Crippen molar-refractivity contribution in [2.45, 2.75) is 174 Å². The summed E-state index contributed by atoms with van der Waals surface area (Å²) in [5, 5.41) is 30.1. The van der Waals surface area contributed by atoms with Crippen LogP contribution in [0.1, 0.15) is 156 Å². The highest BCUT2D eigenvalue weighted by Crippen LogP contribution is 2.40. The molecule has 0 aromatic heterocycles. The van der Waals surface area contributed by atoms with Crippen molar-refractivity contribution in [3.63, 3.8) is 0 Å². The summed E-state index contributed by atoms with van der Waals surface area (Å²) in [5.41, 5.74) is 0. The van der Waals surface area contributed by atoms with E-state index in [0.29, 0.717) is 0 Å². The molecule has 0 rings (SSSR count). The van der Waals surface area contributed by atoms with E-state index in [1.165, 1.54) is 37.5 Å². The van der Waals surface area contributed by atoms with Gasteiger partial charge < -0.3 is 28.9 Å². The zero-order valence-corrected chi connectivity index (χ0v) is 43.5. The molecule has 0 aliphatic rings. The topological polar surface area (TPSA) is 140 Å². The molecule has 0 aliphatic heterocycles. The van der Waals surface area contributed by atoms with Crippen LogP contribution in [0, 0.1) is 0 Å². The summed E-state index contributed by atoms with van der Waals surface area (Å²) in [5.74, 6) is -2.62. The Bertz CT molecular complexity index is 1580. The van der Waals surface area contributed by atoms with Crippen LogP contribution < -0.4 is 0 Å². The van der Waals surface area contributed by atoms with Gasteiger partial charge in [0.15, 0.2) is 0 Å². The number of unbranched alkanes of at least 4 members (excludes halogenated alkanes) is 9. The van der Waals surface area contributed by atoms with E-state index < -0.39 is 26.5 Å². The lowest BCUT2D eigenvalue weighted by Crippen LogP contribution is -2.07. The van der Waals surface area contributed by atoms with Gasteiger partial charge in [-0.3, -0.25) is 0 Å². The zero-order valence-electron chi connectivity index (χ0n) is 42.6. The Morgan fingerprint density at radius 2 is 0.543 bits per heavy atom. The third-order valence-electron chi connectivity index (χ3n) is 10.1. The van der Waals surface area contributed by atoms with Gasteiger partial charge in [0, 0.05) is 18.2 Å². The number of aliphatic hydroxyl groups excluding tert-OH is 3. The summed E-state index contributed by atoms with van der Waals surface area (Å²) < 4.78 is 15.6. The summed E-state index contributed by atoms with van der Waals surface area (Å²) >= 11 is 0. The van der Waals surface area contributed by atoms with E-state index in [-0.39, 0.29) is 18.3 Å². The Labute approximate surface area is 424 Å². The van der Waals surface area contributed by atoms with E-state index in [0.717, 1.165) is 134 Å². The maximum atomic E-state index is 12.6. The fraction of sp³-hybridized carbons (Fsp3) is 0.450. The summed E-state index contributed by atoms with van der Waals surface area (Å²) in [7, 11) is -2.72. The number of hydrogen-bond acceptors (Lipinski definition) is 9. The van der Waals surface area contributed by atoms with Crippen molar-refractivity contribution in [1.29, 1.82) is 0 Å². The number of allylic oxidation sites excluding steroid dienone is 27. The molecule has 3 atom stereocenters. The second kappa shape index (κ2) is 51.7. The molecule has 0 radical (unpaired) electrons. The van der Waals surface area contributed by atoms with Crippen molar-refractivity contribution in [2.24, 2.45) is 0 Å². The number of hydrogen-bond donors (Lipinski definition) is 3. The minimum atomic E-state index is -2.72. The third-order valence-corrected chi connectivity index (χ3v) is 11.1. The average molecular weight is 983 g/mol. The van der Waals surface area contributed by atoms with E-state index in [2.05, 4.69) is 39.0 Å². The van der Waals surface area contributed by atoms with Gasteiger partial charge in [0.25, 0.3) is 0 Å². The van der Waals surface area contributed by atoms with E-state index in [4.69, 9.17) is 13.6 Å². The van der Waals surface area contributed by atoms with E-state index >= 15 is 0 Å². The summed E-state index contributed by atoms with van der Waals surface area (Å²) in [6, 6.07) is 0. The first kappa shape index (κ1) is 64.8. The van der Waals surface area contributed by atoms with Crippen LogP contribution in [0.25, 0.3) is 0 Å². The summed E-state index contributed by atoms with van der Waals surface area (Å²) in [6.45, 7) is 6.48. The number of carbonyl (C=O) groups excluding carboxylic acids is 3. The Kier molecular flexibility index (Phi) is 47.8. The molecule has 3 unspecified atom stereocenters. The summed E-state index contributed by atoms with van der Waals surface area (Å²) in [6.07, 6.45) is 72.4. The monoisotopic (exact) mass is 983 g/mol. The molecule has 70 heavy (non-hydrogen) atoms. The van der Waals surface area contributed by atoms with Gasteiger partial charge in [-0.05, 0) is 77.0 Å². The smallest absolute Gasteiger partial charge is 0.393 e. The molecule has 0 saturated heterocycles. The molecule has 3 N–H and O–H groups in total. The zero-order chi connectivity index (χ0) is 51.2. The maximum absolute atomic E-state index is 12.6. The van der Waals surface area contributed by atoms with Crippen molar-refractivity contribution in [1.82, 2.24) is 0 Å². The molecule has 386 valence electrons. The van der Waals surface area contributed by atoms with Crippen LogP contribution in [0.3, 0.4) is 0 Å². The minimum absolute atomic E-state index is 0.210. The average Bonchev–Trinajstić information content (AvgIpc) is 3.33. The lowest BCUT2D eigenvalue weighted by molar-refractivity contribution is -0.136. The van der Waals surface area contributed by atoms with Crippen molar-refractivity contribution < 1.29 is 43.3 Å². The Hall–Kier alpha value is -5.18. The van der Waals surface area contributed by atoms with E-state index in [1.807, 2.05) is 72.9 Å². The van der Waals surface area contributed by atoms with Gasteiger partial charge in [-0.1, -0.05) is 243 Å². The predicted molar refractivity (Wildman–Crippen MR) is 294 cm³/mol. The van der Waals surface area contributed by atoms with Crippen LogP contribution in [-0.4, -0.2) is 51.5 Å². The first-order valence-corrected chi connectivity index (χ1v) is 26.8. The Morgan fingerprint density at radius 3 is 0.786 bits per heavy atom. The molecule has 9 nitrogen and oxygen atoms in total. The summed E-state index contributed by atoms with van der Waals surface area (Å²) in [4.78, 5) is 37.8. The molecule has 0 aromatic rings. The van der Waals surface area contributed by atoms with Gasteiger partial charge in [0.1, 0.15) is 0 Å². The fourth-order valence-corrected chi connectivity index (χ4v) is 6.92. The van der Waals surface area contributed by atoms with Crippen LogP contribution in [0.4, 0.5) is 0 Å². The van der Waals surface area contributed by atoms with Crippen molar-refractivity contribution in [2.75, 3.05) is 0 Å². The highest BCUT2D eigenvalue weighted by molar-refractivity contribution is 7.43.